The summed E-state index contributed by atoms with van der Waals surface area (Å²) in [5.41, 5.74) is 2.11. The van der Waals surface area contributed by atoms with E-state index in [1.54, 1.807) is 31.3 Å². The number of benzene rings is 1. The fraction of sp³-hybridized carbons (Fsp3) is 0.182. The van der Waals surface area contributed by atoms with Gasteiger partial charge in [0.15, 0.2) is 5.16 Å². The monoisotopic (exact) mass is 421 g/mol. The zero-order chi connectivity index (χ0) is 21.3. The Morgan fingerprint density at radius 3 is 2.77 bits per heavy atom. The summed E-state index contributed by atoms with van der Waals surface area (Å²) in [5.74, 6) is 1.13. The van der Waals surface area contributed by atoms with Crippen LogP contribution in [-0.2, 0) is 10.5 Å². The molecule has 4 aromatic rings. The number of para-hydroxylation sites is 1. The van der Waals surface area contributed by atoms with E-state index in [1.807, 2.05) is 31.2 Å². The number of aromatic nitrogens is 3. The molecule has 0 amide bonds. The molecule has 8 heteroatoms. The number of esters is 1. The Kier molecular flexibility index (Phi) is 5.41. The van der Waals surface area contributed by atoms with Gasteiger partial charge in [-0.3, -0.25) is 4.79 Å². The molecule has 0 fully saturated rings. The van der Waals surface area contributed by atoms with E-state index in [1.165, 1.54) is 23.4 Å². The minimum absolute atomic E-state index is 0.178. The molecule has 0 radical (unpaired) electrons. The smallest absolute Gasteiger partial charge is 0.374 e. The van der Waals surface area contributed by atoms with Crippen LogP contribution in [0, 0.1) is 13.8 Å². The summed E-state index contributed by atoms with van der Waals surface area (Å²) in [5, 5.41) is 1.01. The van der Waals surface area contributed by atoms with E-state index in [-0.39, 0.29) is 11.3 Å². The van der Waals surface area contributed by atoms with Crippen molar-refractivity contribution in [2.45, 2.75) is 24.8 Å². The zero-order valence-corrected chi connectivity index (χ0v) is 17.5. The topological polar surface area (TPSA) is 87.2 Å². The highest BCUT2D eigenvalue weighted by atomic mass is 32.2. The van der Waals surface area contributed by atoms with Gasteiger partial charge in [-0.15, -0.1) is 0 Å². The molecule has 1 aromatic carbocycles. The van der Waals surface area contributed by atoms with E-state index in [2.05, 4.69) is 4.98 Å². The SMILES string of the molecule is COC(=O)c1oc(CSc2nc3ccccc3c(=O)n2-c2cc(C)ccn2)cc1C. The number of pyridine rings is 1. The van der Waals surface area contributed by atoms with Crippen LogP contribution in [-0.4, -0.2) is 27.6 Å². The molecule has 152 valence electrons. The van der Waals surface area contributed by atoms with E-state index >= 15 is 0 Å². The van der Waals surface area contributed by atoms with Crippen molar-refractivity contribution in [3.05, 3.63) is 81.7 Å². The van der Waals surface area contributed by atoms with Crippen molar-refractivity contribution >= 4 is 28.6 Å². The number of rotatable bonds is 5. The molecule has 0 aliphatic heterocycles. The first-order chi connectivity index (χ1) is 14.5. The van der Waals surface area contributed by atoms with Crippen LogP contribution in [0.4, 0.5) is 0 Å². The highest BCUT2D eigenvalue weighted by Gasteiger charge is 2.18. The van der Waals surface area contributed by atoms with Gasteiger partial charge >= 0.3 is 5.97 Å². The Bertz CT molecular complexity index is 1310. The number of carbonyl (C=O) groups excluding carboxylic acids is 1. The number of carbonyl (C=O) groups is 1. The molecular weight excluding hydrogens is 402 g/mol. The predicted molar refractivity (Wildman–Crippen MR) is 114 cm³/mol. The maximum atomic E-state index is 13.2. The molecular formula is C22H19N3O4S. The molecule has 0 saturated heterocycles. The van der Waals surface area contributed by atoms with Gasteiger partial charge in [0.05, 0.1) is 23.8 Å². The largest absolute Gasteiger partial charge is 0.463 e. The van der Waals surface area contributed by atoms with Crippen LogP contribution in [0.5, 0.6) is 0 Å². The summed E-state index contributed by atoms with van der Waals surface area (Å²) in [6.45, 7) is 3.72. The summed E-state index contributed by atoms with van der Waals surface area (Å²) in [4.78, 5) is 34.1. The molecule has 3 aromatic heterocycles. The van der Waals surface area contributed by atoms with E-state index in [0.717, 1.165) is 5.56 Å². The lowest BCUT2D eigenvalue weighted by molar-refractivity contribution is 0.0562. The second-order valence-corrected chi connectivity index (χ2v) is 7.69. The summed E-state index contributed by atoms with van der Waals surface area (Å²) in [6.07, 6.45) is 1.67. The van der Waals surface area contributed by atoms with Crippen LogP contribution in [0.2, 0.25) is 0 Å². The molecule has 0 atom stereocenters. The van der Waals surface area contributed by atoms with Crippen LogP contribution < -0.4 is 5.56 Å². The van der Waals surface area contributed by atoms with Crippen molar-refractivity contribution in [2.24, 2.45) is 0 Å². The lowest BCUT2D eigenvalue weighted by Crippen LogP contribution is -2.22. The summed E-state index contributed by atoms with van der Waals surface area (Å²) >= 11 is 1.34. The number of furan rings is 1. The Morgan fingerprint density at radius 1 is 1.20 bits per heavy atom. The van der Waals surface area contributed by atoms with Crippen molar-refractivity contribution < 1.29 is 13.9 Å². The first-order valence-electron chi connectivity index (χ1n) is 9.23. The third-order valence-electron chi connectivity index (χ3n) is 4.56. The number of aryl methyl sites for hydroxylation is 2. The molecule has 0 N–H and O–H groups in total. The van der Waals surface area contributed by atoms with Crippen LogP contribution in [0.3, 0.4) is 0 Å². The van der Waals surface area contributed by atoms with Crippen LogP contribution >= 0.6 is 11.8 Å². The summed E-state index contributed by atoms with van der Waals surface area (Å²) in [7, 11) is 1.31. The van der Waals surface area contributed by atoms with Crippen LogP contribution in [0.1, 0.15) is 27.4 Å². The van der Waals surface area contributed by atoms with E-state index < -0.39 is 5.97 Å². The normalized spacial score (nSPS) is 11.0. The minimum atomic E-state index is -0.520. The van der Waals surface area contributed by atoms with Gasteiger partial charge < -0.3 is 9.15 Å². The molecule has 0 bridgehead atoms. The van der Waals surface area contributed by atoms with Gasteiger partial charge in [0.1, 0.15) is 11.6 Å². The fourth-order valence-electron chi connectivity index (χ4n) is 3.10. The lowest BCUT2D eigenvalue weighted by Gasteiger charge is -2.12. The number of thioether (sulfide) groups is 1. The van der Waals surface area contributed by atoms with E-state index in [4.69, 9.17) is 14.1 Å². The van der Waals surface area contributed by atoms with Gasteiger partial charge in [0.2, 0.25) is 5.76 Å². The summed E-state index contributed by atoms with van der Waals surface area (Å²) in [6, 6.07) is 12.7. The predicted octanol–water partition coefficient (Wildman–Crippen LogP) is 4.07. The van der Waals surface area contributed by atoms with Crippen LogP contribution in [0.25, 0.3) is 16.7 Å². The van der Waals surface area contributed by atoms with E-state index in [0.29, 0.717) is 39.0 Å². The number of methoxy groups -OCH3 is 1. The van der Waals surface area contributed by atoms with Crippen molar-refractivity contribution in [3.63, 3.8) is 0 Å². The van der Waals surface area contributed by atoms with Crippen molar-refractivity contribution in [2.75, 3.05) is 7.11 Å². The zero-order valence-electron chi connectivity index (χ0n) is 16.7. The highest BCUT2D eigenvalue weighted by Crippen LogP contribution is 2.26. The average Bonchev–Trinajstić information content (AvgIpc) is 3.12. The van der Waals surface area contributed by atoms with Crippen molar-refractivity contribution in [1.29, 1.82) is 0 Å². The van der Waals surface area contributed by atoms with Crippen molar-refractivity contribution in [3.8, 4) is 5.82 Å². The number of hydrogen-bond acceptors (Lipinski definition) is 7. The van der Waals surface area contributed by atoms with Crippen LogP contribution in [0.15, 0.2) is 63.0 Å². The minimum Gasteiger partial charge on any atom is -0.463 e. The Labute approximate surface area is 176 Å². The van der Waals surface area contributed by atoms with Gasteiger partial charge in [-0.1, -0.05) is 23.9 Å². The third kappa shape index (κ3) is 3.73. The first-order valence-corrected chi connectivity index (χ1v) is 10.2. The quantitative estimate of drug-likeness (QED) is 0.273. The Hall–Kier alpha value is -3.39. The maximum Gasteiger partial charge on any atom is 0.374 e. The molecule has 3 heterocycles. The van der Waals surface area contributed by atoms with Crippen molar-refractivity contribution in [1.82, 2.24) is 14.5 Å². The number of ether oxygens (including phenoxy) is 1. The molecule has 0 aliphatic rings. The highest BCUT2D eigenvalue weighted by molar-refractivity contribution is 7.98. The number of hydrogen-bond donors (Lipinski definition) is 0. The van der Waals surface area contributed by atoms with Gasteiger partial charge in [-0.05, 0) is 49.7 Å². The van der Waals surface area contributed by atoms with E-state index in [9.17, 15) is 9.59 Å². The maximum absolute atomic E-state index is 13.2. The Morgan fingerprint density at radius 2 is 2.00 bits per heavy atom. The number of nitrogens with zero attached hydrogens (tertiary/aromatic N) is 3. The second kappa shape index (κ2) is 8.16. The first kappa shape index (κ1) is 19.9. The van der Waals surface area contributed by atoms with Gasteiger partial charge in [0.25, 0.3) is 5.56 Å². The lowest BCUT2D eigenvalue weighted by atomic mass is 10.2. The number of fused-ring (bicyclic) bond motifs is 1. The molecule has 7 nitrogen and oxygen atoms in total. The van der Waals surface area contributed by atoms with Gasteiger partial charge in [0, 0.05) is 11.8 Å². The standard InChI is InChI=1S/C22H19N3O4S/c1-13-8-9-23-18(10-13)25-20(26)16-6-4-5-7-17(16)24-22(25)30-12-15-11-14(2)19(29-15)21(27)28-3/h4-11H,12H2,1-3H3. The fourth-order valence-corrected chi connectivity index (χ4v) is 3.99. The molecule has 0 aliphatic carbocycles. The molecule has 0 spiro atoms. The molecule has 0 unspecified atom stereocenters. The molecule has 0 saturated carbocycles. The Balaban J connectivity index is 1.77. The average molecular weight is 421 g/mol. The van der Waals surface area contributed by atoms with Gasteiger partial charge in [-0.25, -0.2) is 19.3 Å². The summed E-state index contributed by atoms with van der Waals surface area (Å²) < 4.78 is 11.9. The van der Waals surface area contributed by atoms with Gasteiger partial charge in [-0.2, -0.15) is 0 Å². The molecule has 4 rings (SSSR count). The second-order valence-electron chi connectivity index (χ2n) is 6.75. The molecule has 30 heavy (non-hydrogen) atoms. The third-order valence-corrected chi connectivity index (χ3v) is 5.52.